The summed E-state index contributed by atoms with van der Waals surface area (Å²) in [4.78, 5) is 17.8. The Morgan fingerprint density at radius 1 is 1.59 bits per heavy atom. The predicted octanol–water partition coefficient (Wildman–Crippen LogP) is 1.58. The number of amides is 2. The fraction of sp³-hybridized carbons (Fsp3) is 0.500. The molecule has 0 atom stereocenters. The molecule has 0 aromatic heterocycles. The van der Waals surface area contributed by atoms with Crippen LogP contribution in [0, 0.1) is 0 Å². The molecule has 1 aliphatic heterocycles. The van der Waals surface area contributed by atoms with Gasteiger partial charge in [0.05, 0.1) is 12.2 Å². The Balaban J connectivity index is 3.14. The van der Waals surface area contributed by atoms with Crippen molar-refractivity contribution in [3.05, 3.63) is 23.7 Å². The van der Waals surface area contributed by atoms with Crippen LogP contribution >= 0.6 is 0 Å². The summed E-state index contributed by atoms with van der Waals surface area (Å²) in [6.07, 6.45) is 3.78. The van der Waals surface area contributed by atoms with Crippen molar-refractivity contribution in [3.8, 4) is 0 Å². The topological polar surface area (TPSA) is 70.7 Å². The van der Waals surface area contributed by atoms with E-state index in [1.165, 1.54) is 0 Å². The first-order chi connectivity index (χ1) is 7.97. The van der Waals surface area contributed by atoms with E-state index in [0.29, 0.717) is 18.1 Å². The zero-order valence-corrected chi connectivity index (χ0v) is 10.8. The quantitative estimate of drug-likeness (QED) is 0.730. The van der Waals surface area contributed by atoms with Crippen LogP contribution in [-0.4, -0.2) is 29.2 Å². The van der Waals surface area contributed by atoms with Gasteiger partial charge in [-0.25, -0.2) is 9.79 Å². The first-order valence-corrected chi connectivity index (χ1v) is 5.71. The zero-order chi connectivity index (χ0) is 13.0. The summed E-state index contributed by atoms with van der Waals surface area (Å²) >= 11 is 0. The van der Waals surface area contributed by atoms with Crippen LogP contribution in [0.3, 0.4) is 0 Å². The molecule has 17 heavy (non-hydrogen) atoms. The van der Waals surface area contributed by atoms with Crippen molar-refractivity contribution < 1.29 is 4.79 Å². The van der Waals surface area contributed by atoms with Gasteiger partial charge >= 0.3 is 6.03 Å². The predicted molar refractivity (Wildman–Crippen MR) is 69.5 cm³/mol. The van der Waals surface area contributed by atoms with Crippen molar-refractivity contribution in [2.45, 2.75) is 33.7 Å². The molecule has 0 aromatic rings. The van der Waals surface area contributed by atoms with E-state index < -0.39 is 0 Å². The van der Waals surface area contributed by atoms with Crippen LogP contribution in [-0.2, 0) is 0 Å². The molecule has 5 nitrogen and oxygen atoms in total. The standard InChI is InChI=1S/C12H20N4O/c1-5-6-9(4)15-11-10(13)7-14-12(17)16(11)8(2)3/h5-6,8H,7,13H2,1-4H3,(H,14,17)/b6-5-,15-9?. The number of aliphatic imine (C=N–C) groups is 1. The van der Waals surface area contributed by atoms with Gasteiger partial charge in [0, 0.05) is 11.8 Å². The van der Waals surface area contributed by atoms with Gasteiger partial charge in [0.15, 0.2) is 5.82 Å². The minimum Gasteiger partial charge on any atom is -0.398 e. The van der Waals surface area contributed by atoms with Gasteiger partial charge in [0.2, 0.25) is 0 Å². The van der Waals surface area contributed by atoms with E-state index in [1.54, 1.807) is 4.90 Å². The van der Waals surface area contributed by atoms with Crippen LogP contribution in [0.15, 0.2) is 28.7 Å². The van der Waals surface area contributed by atoms with Crippen molar-refractivity contribution in [1.29, 1.82) is 0 Å². The lowest BCUT2D eigenvalue weighted by Gasteiger charge is -2.32. The summed E-state index contributed by atoms with van der Waals surface area (Å²) in [5, 5.41) is 2.72. The molecule has 1 heterocycles. The van der Waals surface area contributed by atoms with Gasteiger partial charge in [0.1, 0.15) is 0 Å². The molecule has 0 aliphatic carbocycles. The van der Waals surface area contributed by atoms with Crippen LogP contribution in [0.2, 0.25) is 0 Å². The van der Waals surface area contributed by atoms with Gasteiger partial charge < -0.3 is 11.1 Å². The molecule has 2 amide bonds. The third kappa shape index (κ3) is 3.09. The molecule has 0 saturated carbocycles. The zero-order valence-electron chi connectivity index (χ0n) is 10.8. The number of rotatable bonds is 3. The van der Waals surface area contributed by atoms with Crippen LogP contribution in [0.4, 0.5) is 4.79 Å². The number of nitrogens with zero attached hydrogens (tertiary/aromatic N) is 2. The van der Waals surface area contributed by atoms with Crippen molar-refractivity contribution in [2.75, 3.05) is 6.54 Å². The van der Waals surface area contributed by atoms with E-state index in [2.05, 4.69) is 10.3 Å². The number of nitrogens with one attached hydrogen (secondary N) is 1. The first-order valence-electron chi connectivity index (χ1n) is 5.71. The second kappa shape index (κ2) is 5.52. The molecule has 0 spiro atoms. The maximum atomic E-state index is 11.8. The van der Waals surface area contributed by atoms with Gasteiger partial charge in [-0.15, -0.1) is 0 Å². The maximum Gasteiger partial charge on any atom is 0.323 e. The third-order valence-electron chi connectivity index (χ3n) is 2.37. The maximum absolute atomic E-state index is 11.8. The average Bonchev–Trinajstić information content (AvgIpc) is 2.23. The van der Waals surface area contributed by atoms with Gasteiger partial charge in [-0.05, 0) is 33.8 Å². The minimum atomic E-state index is -0.152. The van der Waals surface area contributed by atoms with E-state index in [0.717, 1.165) is 5.71 Å². The summed E-state index contributed by atoms with van der Waals surface area (Å²) in [5.41, 5.74) is 7.32. The molecular formula is C12H20N4O. The van der Waals surface area contributed by atoms with E-state index in [-0.39, 0.29) is 12.1 Å². The molecule has 0 saturated heterocycles. The number of carbonyl (C=O) groups is 1. The second-order valence-corrected chi connectivity index (χ2v) is 4.22. The van der Waals surface area contributed by atoms with Crippen molar-refractivity contribution >= 4 is 11.7 Å². The molecule has 94 valence electrons. The molecule has 0 bridgehead atoms. The van der Waals surface area contributed by atoms with Gasteiger partial charge in [0.25, 0.3) is 0 Å². The summed E-state index contributed by atoms with van der Waals surface area (Å²) in [5.74, 6) is 0.555. The smallest absolute Gasteiger partial charge is 0.323 e. The summed E-state index contributed by atoms with van der Waals surface area (Å²) in [6.45, 7) is 8.01. The highest BCUT2D eigenvalue weighted by Gasteiger charge is 2.27. The Morgan fingerprint density at radius 2 is 2.24 bits per heavy atom. The Labute approximate surface area is 102 Å². The fourth-order valence-corrected chi connectivity index (χ4v) is 1.64. The van der Waals surface area contributed by atoms with E-state index in [1.807, 2.05) is 39.8 Å². The molecule has 5 heteroatoms. The number of hydrogen-bond acceptors (Lipinski definition) is 3. The lowest BCUT2D eigenvalue weighted by molar-refractivity contribution is 0.195. The Kier molecular flexibility index (Phi) is 4.31. The number of allylic oxidation sites excluding steroid dienone is 2. The molecule has 3 N–H and O–H groups in total. The third-order valence-corrected chi connectivity index (χ3v) is 2.37. The molecule has 0 unspecified atom stereocenters. The second-order valence-electron chi connectivity index (χ2n) is 4.22. The number of hydrogen-bond donors (Lipinski definition) is 2. The Morgan fingerprint density at radius 3 is 2.76 bits per heavy atom. The van der Waals surface area contributed by atoms with Crippen LogP contribution in [0.1, 0.15) is 27.7 Å². The van der Waals surface area contributed by atoms with Gasteiger partial charge in [-0.1, -0.05) is 6.08 Å². The van der Waals surface area contributed by atoms with E-state index >= 15 is 0 Å². The lowest BCUT2D eigenvalue weighted by Crippen LogP contribution is -2.49. The SMILES string of the molecule is C/C=C\C(C)=NC1=C(N)CNC(=O)N1C(C)C. The summed E-state index contributed by atoms with van der Waals surface area (Å²) < 4.78 is 0. The average molecular weight is 236 g/mol. The molecule has 0 fully saturated rings. The van der Waals surface area contributed by atoms with Crippen LogP contribution in [0.25, 0.3) is 0 Å². The summed E-state index contributed by atoms with van der Waals surface area (Å²) in [6, 6.07) is -0.132. The number of nitrogens with two attached hydrogens (primary N) is 1. The van der Waals surface area contributed by atoms with Crippen molar-refractivity contribution in [1.82, 2.24) is 10.2 Å². The molecule has 1 aliphatic rings. The normalized spacial score (nSPS) is 18.3. The Hall–Kier alpha value is -1.78. The lowest BCUT2D eigenvalue weighted by atomic mass is 10.2. The minimum absolute atomic E-state index is 0.0195. The highest BCUT2D eigenvalue weighted by atomic mass is 16.2. The van der Waals surface area contributed by atoms with Crippen LogP contribution in [0.5, 0.6) is 0 Å². The highest BCUT2D eigenvalue weighted by Crippen LogP contribution is 2.17. The fourth-order valence-electron chi connectivity index (χ4n) is 1.64. The van der Waals surface area contributed by atoms with E-state index in [4.69, 9.17) is 5.73 Å². The van der Waals surface area contributed by atoms with Gasteiger partial charge in [-0.2, -0.15) is 0 Å². The first kappa shape index (κ1) is 13.3. The van der Waals surface area contributed by atoms with Crippen molar-refractivity contribution in [3.63, 3.8) is 0 Å². The highest BCUT2D eigenvalue weighted by molar-refractivity contribution is 5.94. The largest absolute Gasteiger partial charge is 0.398 e. The number of carbonyl (C=O) groups excluding carboxylic acids is 1. The summed E-state index contributed by atoms with van der Waals surface area (Å²) in [7, 11) is 0. The van der Waals surface area contributed by atoms with E-state index in [9.17, 15) is 4.79 Å². The monoisotopic (exact) mass is 236 g/mol. The van der Waals surface area contributed by atoms with Crippen LogP contribution < -0.4 is 11.1 Å². The molecule has 0 aromatic carbocycles. The Bertz CT molecular complexity index is 393. The molecule has 0 radical (unpaired) electrons. The van der Waals surface area contributed by atoms with Gasteiger partial charge in [-0.3, -0.25) is 4.90 Å². The molecular weight excluding hydrogens is 216 g/mol. The van der Waals surface area contributed by atoms with Crippen molar-refractivity contribution in [2.24, 2.45) is 10.7 Å². The molecule has 1 rings (SSSR count). The number of urea groups is 1.